The number of aryl methyl sites for hydroxylation is 2. The molecule has 25 heavy (non-hydrogen) atoms. The van der Waals surface area contributed by atoms with Crippen molar-refractivity contribution < 1.29 is 13.2 Å². The molecule has 0 saturated carbocycles. The molecule has 132 valence electrons. The number of benzene rings is 2. The number of fused-ring (bicyclic) bond motifs is 1. The Labute approximate surface area is 151 Å². The fourth-order valence-corrected chi connectivity index (χ4v) is 4.83. The minimum Gasteiger partial charge on any atom is -0.496 e. The zero-order chi connectivity index (χ0) is 18.0. The Hall–Kier alpha value is -2.12. The quantitative estimate of drug-likeness (QED) is 0.694. The van der Waals surface area contributed by atoms with Crippen LogP contribution in [-0.2, 0) is 16.4 Å². The van der Waals surface area contributed by atoms with Gasteiger partial charge in [0.25, 0.3) is 10.0 Å². The maximum Gasteiger partial charge on any atom is 0.261 e. The lowest BCUT2D eigenvalue weighted by Gasteiger charge is -2.10. The molecule has 1 aromatic heterocycles. The second kappa shape index (κ2) is 7.01. The van der Waals surface area contributed by atoms with E-state index in [1.54, 1.807) is 42.7 Å². The normalized spacial score (nSPS) is 11.6. The lowest BCUT2D eigenvalue weighted by Crippen LogP contribution is -2.13. The van der Waals surface area contributed by atoms with Crippen molar-refractivity contribution in [2.75, 3.05) is 11.8 Å². The minimum absolute atomic E-state index is 0.210. The molecule has 1 N–H and O–H groups in total. The van der Waals surface area contributed by atoms with Gasteiger partial charge in [-0.2, -0.15) is 0 Å². The number of aromatic nitrogens is 1. The lowest BCUT2D eigenvalue weighted by atomic mass is 10.2. The van der Waals surface area contributed by atoms with Gasteiger partial charge in [0, 0.05) is 0 Å². The van der Waals surface area contributed by atoms with E-state index in [1.807, 2.05) is 19.1 Å². The summed E-state index contributed by atoms with van der Waals surface area (Å²) in [5.74, 6) is 0.661. The van der Waals surface area contributed by atoms with Gasteiger partial charge in [-0.3, -0.25) is 4.72 Å². The number of nitrogens with one attached hydrogen (secondary N) is 1. The molecule has 0 spiro atoms. The maximum atomic E-state index is 12.6. The van der Waals surface area contributed by atoms with Gasteiger partial charge < -0.3 is 4.74 Å². The Bertz CT molecular complexity index is 1010. The molecule has 5 nitrogen and oxygen atoms in total. The Morgan fingerprint density at radius 1 is 1.20 bits per heavy atom. The first-order chi connectivity index (χ1) is 11.9. The van der Waals surface area contributed by atoms with Gasteiger partial charge in [0.05, 0.1) is 32.9 Å². The Morgan fingerprint density at radius 2 is 2.00 bits per heavy atom. The summed E-state index contributed by atoms with van der Waals surface area (Å²) < 4.78 is 34.1. The average molecular weight is 377 g/mol. The molecule has 0 amide bonds. The van der Waals surface area contributed by atoms with Gasteiger partial charge in [-0.25, -0.2) is 13.4 Å². The van der Waals surface area contributed by atoms with Crippen molar-refractivity contribution in [3.63, 3.8) is 0 Å². The van der Waals surface area contributed by atoms with E-state index in [9.17, 15) is 8.42 Å². The summed E-state index contributed by atoms with van der Waals surface area (Å²) in [6.45, 7) is 3.93. The third kappa shape index (κ3) is 3.77. The highest BCUT2D eigenvalue weighted by Gasteiger charge is 2.16. The first-order valence-electron chi connectivity index (χ1n) is 8.00. The van der Waals surface area contributed by atoms with E-state index in [2.05, 4.69) is 16.6 Å². The molecule has 0 bridgehead atoms. The summed E-state index contributed by atoms with van der Waals surface area (Å²) in [6.07, 6.45) is 1.97. The van der Waals surface area contributed by atoms with Crippen LogP contribution < -0.4 is 9.46 Å². The smallest absolute Gasteiger partial charge is 0.261 e. The van der Waals surface area contributed by atoms with Crippen LogP contribution in [0.25, 0.3) is 10.2 Å². The molecule has 0 aliphatic rings. The summed E-state index contributed by atoms with van der Waals surface area (Å²) in [5, 5.41) is 1.07. The SMILES string of the molecule is CCCc1nc2ccc(NS(=O)(=O)c3ccc(OC)c(C)c3)cc2s1. The van der Waals surface area contributed by atoms with E-state index in [-0.39, 0.29) is 4.90 Å². The zero-order valence-corrected chi connectivity index (χ0v) is 16.0. The highest BCUT2D eigenvalue weighted by Crippen LogP contribution is 2.28. The van der Waals surface area contributed by atoms with Crippen molar-refractivity contribution in [1.29, 1.82) is 0 Å². The first kappa shape index (κ1) is 17.7. The van der Waals surface area contributed by atoms with E-state index < -0.39 is 10.0 Å². The summed E-state index contributed by atoms with van der Waals surface area (Å²) in [5.41, 5.74) is 2.21. The third-order valence-electron chi connectivity index (χ3n) is 3.83. The van der Waals surface area contributed by atoms with Gasteiger partial charge in [-0.1, -0.05) is 6.92 Å². The fourth-order valence-electron chi connectivity index (χ4n) is 2.59. The largest absolute Gasteiger partial charge is 0.496 e. The predicted molar refractivity (Wildman–Crippen MR) is 102 cm³/mol. The molecule has 1 heterocycles. The van der Waals surface area contributed by atoms with Crippen molar-refractivity contribution in [1.82, 2.24) is 4.98 Å². The fraction of sp³-hybridized carbons (Fsp3) is 0.278. The van der Waals surface area contributed by atoms with Gasteiger partial charge in [0.15, 0.2) is 0 Å². The highest BCUT2D eigenvalue weighted by atomic mass is 32.2. The number of sulfonamides is 1. The van der Waals surface area contributed by atoms with Gasteiger partial charge in [-0.05, 0) is 61.7 Å². The Balaban J connectivity index is 1.89. The van der Waals surface area contributed by atoms with Crippen molar-refractivity contribution in [2.24, 2.45) is 0 Å². The second-order valence-corrected chi connectivity index (χ2v) is 8.57. The molecule has 0 aliphatic heterocycles. The average Bonchev–Trinajstić information content (AvgIpc) is 2.96. The monoisotopic (exact) mass is 376 g/mol. The van der Waals surface area contributed by atoms with Crippen LogP contribution in [0, 0.1) is 6.92 Å². The minimum atomic E-state index is -3.65. The van der Waals surface area contributed by atoms with E-state index in [4.69, 9.17) is 4.74 Å². The molecule has 0 atom stereocenters. The van der Waals surface area contributed by atoms with Crippen molar-refractivity contribution in [3.8, 4) is 5.75 Å². The summed E-state index contributed by atoms with van der Waals surface area (Å²) in [4.78, 5) is 4.77. The van der Waals surface area contributed by atoms with Crippen LogP contribution in [0.4, 0.5) is 5.69 Å². The van der Waals surface area contributed by atoms with Gasteiger partial charge in [0.1, 0.15) is 5.75 Å². The van der Waals surface area contributed by atoms with Crippen LogP contribution in [0.3, 0.4) is 0 Å². The van der Waals surface area contributed by atoms with Crippen molar-refractivity contribution in [3.05, 3.63) is 47.0 Å². The lowest BCUT2D eigenvalue weighted by molar-refractivity contribution is 0.411. The summed E-state index contributed by atoms with van der Waals surface area (Å²) in [6, 6.07) is 10.2. The van der Waals surface area contributed by atoms with Crippen LogP contribution in [0.15, 0.2) is 41.3 Å². The highest BCUT2D eigenvalue weighted by molar-refractivity contribution is 7.92. The number of nitrogens with zero attached hydrogens (tertiary/aromatic N) is 1. The van der Waals surface area contributed by atoms with Gasteiger partial charge in [0.2, 0.25) is 0 Å². The van der Waals surface area contributed by atoms with E-state index in [0.717, 1.165) is 33.6 Å². The molecular formula is C18H20N2O3S2. The van der Waals surface area contributed by atoms with Crippen LogP contribution in [-0.4, -0.2) is 20.5 Å². The number of methoxy groups -OCH3 is 1. The summed E-state index contributed by atoms with van der Waals surface area (Å²) in [7, 11) is -2.09. The molecule has 0 fully saturated rings. The molecular weight excluding hydrogens is 356 g/mol. The number of hydrogen-bond acceptors (Lipinski definition) is 5. The number of anilines is 1. The number of ether oxygens (including phenoxy) is 1. The zero-order valence-electron chi connectivity index (χ0n) is 14.4. The van der Waals surface area contributed by atoms with E-state index >= 15 is 0 Å². The molecule has 0 aliphatic carbocycles. The number of rotatable bonds is 6. The van der Waals surface area contributed by atoms with Crippen LogP contribution in [0.5, 0.6) is 5.75 Å². The second-order valence-electron chi connectivity index (χ2n) is 5.78. The van der Waals surface area contributed by atoms with E-state index in [0.29, 0.717) is 11.4 Å². The Kier molecular flexibility index (Phi) is 4.96. The molecule has 2 aromatic carbocycles. The summed E-state index contributed by atoms with van der Waals surface area (Å²) >= 11 is 1.60. The van der Waals surface area contributed by atoms with Gasteiger partial charge >= 0.3 is 0 Å². The molecule has 0 saturated heterocycles. The van der Waals surface area contributed by atoms with Gasteiger partial charge in [-0.15, -0.1) is 11.3 Å². The van der Waals surface area contributed by atoms with E-state index in [1.165, 1.54) is 0 Å². The predicted octanol–water partition coefficient (Wildman–Crippen LogP) is 4.37. The first-order valence-corrected chi connectivity index (χ1v) is 10.3. The number of thiazole rings is 1. The molecule has 3 aromatic rings. The Morgan fingerprint density at radius 3 is 2.68 bits per heavy atom. The standard InChI is InChI=1S/C18H20N2O3S2/c1-4-5-18-19-15-8-6-13(11-17(15)24-18)20-25(21,22)14-7-9-16(23-3)12(2)10-14/h6-11,20H,4-5H2,1-3H3. The van der Waals surface area contributed by atoms with Crippen LogP contribution >= 0.6 is 11.3 Å². The maximum absolute atomic E-state index is 12.6. The van der Waals surface area contributed by atoms with Crippen LogP contribution in [0.1, 0.15) is 23.9 Å². The molecule has 0 unspecified atom stereocenters. The number of hydrogen-bond donors (Lipinski definition) is 1. The van der Waals surface area contributed by atoms with Crippen molar-refractivity contribution in [2.45, 2.75) is 31.6 Å². The topological polar surface area (TPSA) is 68.3 Å². The molecule has 0 radical (unpaired) electrons. The molecule has 3 rings (SSSR count). The van der Waals surface area contributed by atoms with Crippen molar-refractivity contribution >= 4 is 37.3 Å². The van der Waals surface area contributed by atoms with Crippen LogP contribution in [0.2, 0.25) is 0 Å². The third-order valence-corrected chi connectivity index (χ3v) is 6.28. The molecule has 7 heteroatoms.